The Kier molecular flexibility index (Phi) is 9.47. The number of carbonyl (C=O) groups excluding carboxylic acids is 2. The number of urea groups is 1. The number of ether oxygens (including phenoxy) is 2. The maximum absolute atomic E-state index is 15.0. The van der Waals surface area contributed by atoms with Crippen molar-refractivity contribution in [1.29, 1.82) is 5.26 Å². The molecule has 37 heavy (non-hydrogen) atoms. The lowest BCUT2D eigenvalue weighted by molar-refractivity contribution is -0.0414. The van der Waals surface area contributed by atoms with Crippen LogP contribution >= 0.6 is 10.0 Å². The maximum Gasteiger partial charge on any atom is 0.446 e. The smallest absolute Gasteiger partial charge is 0.364 e. The van der Waals surface area contributed by atoms with Crippen LogP contribution in [0.4, 0.5) is 45.6 Å². The van der Waals surface area contributed by atoms with E-state index in [4.69, 9.17) is 14.7 Å². The number of amides is 3. The first-order valence-electron chi connectivity index (χ1n) is 9.70. The second-order valence-corrected chi connectivity index (χ2v) is 9.74. The van der Waals surface area contributed by atoms with Gasteiger partial charge in [-0.15, -0.1) is 0 Å². The molecule has 3 amide bonds. The molecule has 0 radical (unpaired) electrons. The van der Waals surface area contributed by atoms with Gasteiger partial charge in [-0.25, -0.2) is 22.9 Å². The summed E-state index contributed by atoms with van der Waals surface area (Å²) in [7, 11) is -3.48. The lowest BCUT2D eigenvalue weighted by Gasteiger charge is -2.34. The minimum absolute atomic E-state index is 0.0164. The largest absolute Gasteiger partial charge is 0.446 e. The summed E-state index contributed by atoms with van der Waals surface area (Å²) in [6.45, 7) is -1.76. The summed E-state index contributed by atoms with van der Waals surface area (Å²) < 4.78 is 120. The Balaban J connectivity index is 2.61. The molecule has 202 valence electrons. The molecule has 0 aliphatic carbocycles. The van der Waals surface area contributed by atoms with Gasteiger partial charge in [-0.2, -0.15) is 27.2 Å². The first-order valence-corrected chi connectivity index (χ1v) is 11.4. The summed E-state index contributed by atoms with van der Waals surface area (Å²) in [5.74, 6) is -10.1. The Labute approximate surface area is 206 Å². The van der Waals surface area contributed by atoms with Crippen molar-refractivity contribution in [2.45, 2.75) is 16.2 Å². The third-order valence-electron chi connectivity index (χ3n) is 4.76. The normalized spacial score (nSPS) is 14.0. The third-order valence-corrected chi connectivity index (χ3v) is 7.31. The summed E-state index contributed by atoms with van der Waals surface area (Å²) in [5, 5.41) is 9.55. The Bertz CT molecular complexity index is 1190. The van der Waals surface area contributed by atoms with Gasteiger partial charge in [-0.05, 0) is 30.3 Å². The van der Waals surface area contributed by atoms with Gasteiger partial charge in [0.2, 0.25) is 0 Å². The van der Waals surface area contributed by atoms with Crippen molar-refractivity contribution < 1.29 is 54.2 Å². The zero-order chi connectivity index (χ0) is 28.1. The molecular weight excluding hydrogens is 542 g/mol. The fourth-order valence-corrected chi connectivity index (χ4v) is 4.59. The number of hydrogen-bond donors (Lipinski definition) is 0. The van der Waals surface area contributed by atoms with Gasteiger partial charge < -0.3 is 9.47 Å². The van der Waals surface area contributed by atoms with Crippen LogP contribution in [-0.2, 0) is 9.47 Å². The average molecular weight is 559 g/mol. The van der Waals surface area contributed by atoms with Crippen LogP contribution in [0.25, 0.3) is 0 Å². The van der Waals surface area contributed by atoms with Crippen LogP contribution in [0.1, 0.15) is 10.4 Å². The van der Waals surface area contributed by atoms with Gasteiger partial charge in [-0.3, -0.25) is 9.69 Å². The second kappa shape index (κ2) is 11.8. The number of benzene rings is 2. The zero-order valence-corrected chi connectivity index (χ0v) is 19.7. The lowest BCUT2D eigenvalue weighted by atomic mass is 10.1. The Hall–Kier alpha value is -3.42. The highest BCUT2D eigenvalue weighted by Gasteiger charge is 2.59. The number of hydrogen-bond acceptors (Lipinski definition) is 5. The molecule has 2 aromatic carbocycles. The number of methoxy groups -OCH3 is 2. The number of imide groups is 1. The van der Waals surface area contributed by atoms with Crippen LogP contribution in [0.3, 0.4) is 0 Å². The van der Waals surface area contributed by atoms with Gasteiger partial charge in [0.15, 0.2) is 0 Å². The fraction of sp³-hybridized carbons (Fsp3) is 0.286. The van der Waals surface area contributed by atoms with Crippen molar-refractivity contribution in [1.82, 2.24) is 4.90 Å². The highest BCUT2D eigenvalue weighted by Crippen LogP contribution is 2.70. The molecule has 0 saturated heterocycles. The number of anilines is 1. The van der Waals surface area contributed by atoms with Gasteiger partial charge in [0.25, 0.3) is 11.7 Å². The van der Waals surface area contributed by atoms with Crippen LogP contribution in [0.15, 0.2) is 41.3 Å². The molecule has 1 atom stereocenters. The minimum Gasteiger partial charge on any atom is -0.364 e. The summed E-state index contributed by atoms with van der Waals surface area (Å²) in [6, 6.07) is 1.80. The van der Waals surface area contributed by atoms with E-state index in [2.05, 4.69) is 0 Å². The number of alkyl halides is 5. The Morgan fingerprint density at radius 1 is 1.00 bits per heavy atom. The van der Waals surface area contributed by atoms with Crippen LogP contribution in [0.2, 0.25) is 0 Å². The van der Waals surface area contributed by atoms with E-state index >= 15 is 0 Å². The molecule has 0 saturated carbocycles. The Morgan fingerprint density at radius 3 is 2.00 bits per heavy atom. The molecule has 0 aliphatic heterocycles. The number of carbonyl (C=O) groups is 2. The second-order valence-electron chi connectivity index (χ2n) is 6.95. The number of halogens is 8. The molecule has 0 aliphatic rings. The maximum atomic E-state index is 15.0. The Morgan fingerprint density at radius 2 is 1.57 bits per heavy atom. The SMILES string of the molecule is COCN(C(=O)c1c(F)cccc1F)C(=O)N(COC)c1ccc(S(C#N)(C(F)F)C(F)(F)F)cc1F. The van der Waals surface area contributed by atoms with Crippen molar-refractivity contribution in [2.24, 2.45) is 0 Å². The molecule has 16 heteroatoms. The summed E-state index contributed by atoms with van der Waals surface area (Å²) in [5.41, 5.74) is -7.75. The standard InChI is InChI=1S/C21H17F8N3O4S/c1-35-10-31(20(34)32(11-36-2)18(33)17-13(22)4-3-5-14(17)23)16-7-6-12(8-15(16)24)37(9-30,19(25)26)21(27,28)29/h3-8,19H,10-11H2,1-2H3. The highest BCUT2D eigenvalue weighted by atomic mass is 32.3. The highest BCUT2D eigenvalue weighted by molar-refractivity contribution is 8.38. The van der Waals surface area contributed by atoms with Crippen LogP contribution in [0, 0.1) is 28.1 Å². The van der Waals surface area contributed by atoms with E-state index in [9.17, 15) is 44.7 Å². The molecule has 0 spiro atoms. The number of thiocyanates is 1. The van der Waals surface area contributed by atoms with Crippen LogP contribution < -0.4 is 4.90 Å². The first kappa shape index (κ1) is 29.8. The molecule has 0 fully saturated rings. The predicted molar refractivity (Wildman–Crippen MR) is 114 cm³/mol. The number of nitrogens with zero attached hydrogens (tertiary/aromatic N) is 3. The van der Waals surface area contributed by atoms with Crippen molar-refractivity contribution in [2.75, 3.05) is 32.6 Å². The van der Waals surface area contributed by atoms with E-state index in [1.54, 1.807) is 0 Å². The van der Waals surface area contributed by atoms with E-state index in [0.717, 1.165) is 32.4 Å². The van der Waals surface area contributed by atoms with Crippen LogP contribution in [0.5, 0.6) is 0 Å². The van der Waals surface area contributed by atoms with Gasteiger partial charge in [0.05, 0.1) is 5.69 Å². The molecule has 0 aromatic heterocycles. The van der Waals surface area contributed by atoms with E-state index in [0.29, 0.717) is 22.4 Å². The van der Waals surface area contributed by atoms with E-state index in [1.165, 1.54) is 0 Å². The average Bonchev–Trinajstić information content (AvgIpc) is 2.80. The van der Waals surface area contributed by atoms with Crippen molar-refractivity contribution >= 4 is 27.7 Å². The fourth-order valence-electron chi connectivity index (χ4n) is 3.06. The molecule has 2 aromatic rings. The minimum atomic E-state index is -5.72. The van der Waals surface area contributed by atoms with E-state index in [-0.39, 0.29) is 11.0 Å². The summed E-state index contributed by atoms with van der Waals surface area (Å²) in [6.07, 6.45) is 0. The number of rotatable bonds is 8. The van der Waals surface area contributed by atoms with Crippen molar-refractivity contribution in [3.8, 4) is 5.40 Å². The predicted octanol–water partition coefficient (Wildman–Crippen LogP) is 5.77. The molecule has 0 heterocycles. The van der Waals surface area contributed by atoms with Gasteiger partial charge in [-0.1, -0.05) is 6.07 Å². The van der Waals surface area contributed by atoms with Gasteiger partial charge in [0.1, 0.15) is 41.9 Å². The molecule has 0 N–H and O–H groups in total. The summed E-state index contributed by atoms with van der Waals surface area (Å²) >= 11 is 0. The molecular formula is C21H17F8N3O4S. The van der Waals surface area contributed by atoms with Crippen molar-refractivity contribution in [3.05, 3.63) is 59.4 Å². The van der Waals surface area contributed by atoms with Gasteiger partial charge >= 0.3 is 11.5 Å². The zero-order valence-electron chi connectivity index (χ0n) is 18.9. The molecule has 2 rings (SSSR count). The van der Waals surface area contributed by atoms with Crippen LogP contribution in [-0.4, -0.2) is 55.8 Å². The van der Waals surface area contributed by atoms with E-state index in [1.807, 2.05) is 0 Å². The quantitative estimate of drug-likeness (QED) is 0.233. The summed E-state index contributed by atoms with van der Waals surface area (Å²) in [4.78, 5) is 25.0. The van der Waals surface area contributed by atoms with Gasteiger partial charge in [0, 0.05) is 29.1 Å². The lowest BCUT2D eigenvalue weighted by Crippen LogP contribution is -2.48. The first-order chi connectivity index (χ1) is 17.3. The number of nitriles is 1. The third kappa shape index (κ3) is 5.63. The topological polar surface area (TPSA) is 82.9 Å². The molecule has 7 nitrogen and oxygen atoms in total. The molecule has 0 bridgehead atoms. The monoisotopic (exact) mass is 559 g/mol. The van der Waals surface area contributed by atoms with E-state index < -0.39 is 80.3 Å². The molecule has 1 unspecified atom stereocenters. The van der Waals surface area contributed by atoms with Crippen molar-refractivity contribution in [3.63, 3.8) is 0 Å².